The van der Waals surface area contributed by atoms with Crippen molar-refractivity contribution < 1.29 is 36.2 Å². The molecule has 0 spiro atoms. The first-order valence-electron chi connectivity index (χ1n) is 8.34. The predicted molar refractivity (Wildman–Crippen MR) is 95.1 cm³/mol. The highest BCUT2D eigenvalue weighted by Gasteiger charge is 2.26. The lowest BCUT2D eigenvalue weighted by Gasteiger charge is -2.12. The molecular formula is C19H14F5N3O3. The van der Waals surface area contributed by atoms with Crippen molar-refractivity contribution in [3.8, 4) is 11.5 Å². The number of ether oxygens (including phenoxy) is 2. The molecule has 3 aromatic rings. The van der Waals surface area contributed by atoms with Crippen molar-refractivity contribution in [2.45, 2.75) is 6.54 Å². The van der Waals surface area contributed by atoms with Crippen LogP contribution in [0.3, 0.4) is 0 Å². The van der Waals surface area contributed by atoms with E-state index >= 15 is 0 Å². The van der Waals surface area contributed by atoms with Gasteiger partial charge in [-0.15, -0.1) is 0 Å². The molecular weight excluding hydrogens is 413 g/mol. The van der Waals surface area contributed by atoms with Crippen LogP contribution in [0.2, 0.25) is 0 Å². The molecule has 0 atom stereocenters. The number of anilines is 1. The summed E-state index contributed by atoms with van der Waals surface area (Å²) in [4.78, 5) is 12.6. The maximum absolute atomic E-state index is 13.8. The molecule has 3 rings (SSSR count). The summed E-state index contributed by atoms with van der Waals surface area (Å²) >= 11 is 0. The molecule has 0 saturated heterocycles. The molecule has 1 aromatic heterocycles. The summed E-state index contributed by atoms with van der Waals surface area (Å²) in [5.74, 6) is -10.5. The second-order valence-electron chi connectivity index (χ2n) is 5.94. The lowest BCUT2D eigenvalue weighted by atomic mass is 10.1. The van der Waals surface area contributed by atoms with Crippen molar-refractivity contribution in [1.82, 2.24) is 9.78 Å². The summed E-state index contributed by atoms with van der Waals surface area (Å²) in [7, 11) is 2.73. The molecule has 0 aliphatic carbocycles. The van der Waals surface area contributed by atoms with Crippen LogP contribution in [0.1, 0.15) is 15.9 Å². The standard InChI is InChI=1S/C19H14F5N3O3/c1-29-10-4-3-5-11(30-2)13(10)19(28)25-12-6-7-27(26-12)8-9-14(20)16(22)18(24)17(23)15(9)21/h3-7H,8H2,1-2H3,(H,25,26,28). The molecule has 2 aromatic carbocycles. The van der Waals surface area contributed by atoms with Gasteiger partial charge in [0.05, 0.1) is 26.3 Å². The van der Waals surface area contributed by atoms with Gasteiger partial charge in [0.1, 0.15) is 17.1 Å². The Morgan fingerprint density at radius 1 is 0.933 bits per heavy atom. The summed E-state index contributed by atoms with van der Waals surface area (Å²) in [5, 5.41) is 6.33. The third kappa shape index (κ3) is 3.78. The first-order chi connectivity index (χ1) is 14.3. The molecule has 0 fully saturated rings. The zero-order valence-corrected chi connectivity index (χ0v) is 15.6. The molecule has 0 radical (unpaired) electrons. The Bertz CT molecular complexity index is 1070. The lowest BCUT2D eigenvalue weighted by Crippen LogP contribution is -2.16. The monoisotopic (exact) mass is 427 g/mol. The summed E-state index contributed by atoms with van der Waals surface area (Å²) in [6, 6.07) is 5.98. The quantitative estimate of drug-likeness (QED) is 0.368. The number of carbonyl (C=O) groups is 1. The van der Waals surface area contributed by atoms with Gasteiger partial charge in [-0.25, -0.2) is 22.0 Å². The van der Waals surface area contributed by atoms with Crippen LogP contribution in [0, 0.1) is 29.1 Å². The maximum Gasteiger partial charge on any atom is 0.264 e. The van der Waals surface area contributed by atoms with Crippen molar-refractivity contribution in [3.05, 3.63) is 70.7 Å². The number of benzene rings is 2. The van der Waals surface area contributed by atoms with Gasteiger partial charge in [-0.3, -0.25) is 9.48 Å². The van der Waals surface area contributed by atoms with Crippen molar-refractivity contribution in [2.75, 3.05) is 19.5 Å². The van der Waals surface area contributed by atoms with Crippen LogP contribution in [0.25, 0.3) is 0 Å². The topological polar surface area (TPSA) is 65.4 Å². The van der Waals surface area contributed by atoms with Crippen molar-refractivity contribution in [3.63, 3.8) is 0 Å². The minimum atomic E-state index is -2.24. The molecule has 1 N–H and O–H groups in total. The fourth-order valence-corrected chi connectivity index (χ4v) is 2.72. The Morgan fingerprint density at radius 3 is 2.00 bits per heavy atom. The average Bonchev–Trinajstić information content (AvgIpc) is 3.19. The fourth-order valence-electron chi connectivity index (χ4n) is 2.72. The summed E-state index contributed by atoms with van der Waals surface area (Å²) in [6.07, 6.45) is 1.20. The Kier molecular flexibility index (Phi) is 5.90. The van der Waals surface area contributed by atoms with Gasteiger partial charge < -0.3 is 14.8 Å². The van der Waals surface area contributed by atoms with E-state index in [2.05, 4.69) is 10.4 Å². The van der Waals surface area contributed by atoms with Gasteiger partial charge >= 0.3 is 0 Å². The molecule has 30 heavy (non-hydrogen) atoms. The number of hydrogen-bond acceptors (Lipinski definition) is 4. The third-order valence-electron chi connectivity index (χ3n) is 4.16. The fraction of sp³-hybridized carbons (Fsp3) is 0.158. The van der Waals surface area contributed by atoms with E-state index in [1.807, 2.05) is 0 Å². The highest BCUT2D eigenvalue weighted by Crippen LogP contribution is 2.29. The highest BCUT2D eigenvalue weighted by molar-refractivity contribution is 6.07. The van der Waals surface area contributed by atoms with E-state index in [0.29, 0.717) is 0 Å². The molecule has 6 nitrogen and oxygen atoms in total. The number of hydrogen-bond donors (Lipinski definition) is 1. The zero-order valence-electron chi connectivity index (χ0n) is 15.6. The molecule has 1 heterocycles. The van der Waals surface area contributed by atoms with Gasteiger partial charge in [-0.2, -0.15) is 5.10 Å². The van der Waals surface area contributed by atoms with Crippen LogP contribution >= 0.6 is 0 Å². The first-order valence-corrected chi connectivity index (χ1v) is 8.34. The van der Waals surface area contributed by atoms with Crippen LogP contribution in [0.5, 0.6) is 11.5 Å². The van der Waals surface area contributed by atoms with Crippen LogP contribution in [-0.4, -0.2) is 29.9 Å². The van der Waals surface area contributed by atoms with E-state index in [-0.39, 0.29) is 22.9 Å². The zero-order chi connectivity index (χ0) is 22.0. The van der Waals surface area contributed by atoms with Gasteiger partial charge in [0, 0.05) is 12.3 Å². The predicted octanol–water partition coefficient (Wildman–Crippen LogP) is 3.90. The van der Waals surface area contributed by atoms with E-state index in [9.17, 15) is 26.7 Å². The lowest BCUT2D eigenvalue weighted by molar-refractivity contribution is 0.102. The number of nitrogens with zero attached hydrogens (tertiary/aromatic N) is 2. The highest BCUT2D eigenvalue weighted by atomic mass is 19.2. The van der Waals surface area contributed by atoms with Gasteiger partial charge in [0.25, 0.3) is 5.91 Å². The Balaban J connectivity index is 1.85. The van der Waals surface area contributed by atoms with Crippen LogP contribution in [-0.2, 0) is 6.54 Å². The van der Waals surface area contributed by atoms with E-state index in [1.54, 1.807) is 18.2 Å². The van der Waals surface area contributed by atoms with Crippen LogP contribution in [0.15, 0.2) is 30.5 Å². The molecule has 0 aliphatic rings. The SMILES string of the molecule is COc1cccc(OC)c1C(=O)Nc1ccn(Cc2c(F)c(F)c(F)c(F)c2F)n1. The number of aromatic nitrogens is 2. The molecule has 11 heteroatoms. The van der Waals surface area contributed by atoms with Gasteiger partial charge in [-0.05, 0) is 12.1 Å². The minimum absolute atomic E-state index is 0.0307. The smallest absolute Gasteiger partial charge is 0.264 e. The Labute approximate surface area is 166 Å². The number of amides is 1. The number of nitrogens with one attached hydrogen (secondary N) is 1. The van der Waals surface area contributed by atoms with Crippen LogP contribution in [0.4, 0.5) is 27.8 Å². The molecule has 1 amide bonds. The van der Waals surface area contributed by atoms with Gasteiger partial charge in [0.15, 0.2) is 29.1 Å². The molecule has 0 saturated carbocycles. The van der Waals surface area contributed by atoms with E-state index < -0.39 is 47.1 Å². The largest absolute Gasteiger partial charge is 0.496 e. The first kappa shape index (κ1) is 21.1. The summed E-state index contributed by atoms with van der Waals surface area (Å²) < 4.78 is 78.7. The number of carbonyl (C=O) groups excluding carboxylic acids is 1. The maximum atomic E-state index is 13.8. The Morgan fingerprint density at radius 2 is 1.47 bits per heavy atom. The van der Waals surface area contributed by atoms with E-state index in [1.165, 1.54) is 26.5 Å². The van der Waals surface area contributed by atoms with E-state index in [4.69, 9.17) is 9.47 Å². The molecule has 0 aliphatic heterocycles. The van der Waals surface area contributed by atoms with Gasteiger partial charge in [-0.1, -0.05) is 6.07 Å². The molecule has 0 unspecified atom stereocenters. The summed E-state index contributed by atoms with van der Waals surface area (Å²) in [6.45, 7) is -0.750. The van der Waals surface area contributed by atoms with Crippen molar-refractivity contribution in [1.29, 1.82) is 0 Å². The number of rotatable bonds is 6. The van der Waals surface area contributed by atoms with Crippen LogP contribution < -0.4 is 14.8 Å². The van der Waals surface area contributed by atoms with Crippen molar-refractivity contribution >= 4 is 11.7 Å². The average molecular weight is 427 g/mol. The number of halogens is 5. The summed E-state index contributed by atoms with van der Waals surface area (Å²) in [5.41, 5.74) is -0.976. The van der Waals surface area contributed by atoms with Crippen molar-refractivity contribution in [2.24, 2.45) is 0 Å². The van der Waals surface area contributed by atoms with Gasteiger partial charge in [0.2, 0.25) is 5.82 Å². The normalized spacial score (nSPS) is 10.8. The van der Waals surface area contributed by atoms with E-state index in [0.717, 1.165) is 4.68 Å². The number of methoxy groups -OCH3 is 2. The molecule has 0 bridgehead atoms. The Hall–Kier alpha value is -3.63. The second-order valence-corrected chi connectivity index (χ2v) is 5.94. The molecule has 158 valence electrons. The minimum Gasteiger partial charge on any atom is -0.496 e. The third-order valence-corrected chi connectivity index (χ3v) is 4.16. The second kappa shape index (κ2) is 8.39.